The molecule has 33 valence electrons. The summed E-state index contributed by atoms with van der Waals surface area (Å²) in [6, 6.07) is 0. The first-order valence-corrected chi connectivity index (χ1v) is 2.28. The molecule has 1 aliphatic heterocycles. The first-order valence-electron chi connectivity index (χ1n) is 1.87. The van der Waals surface area contributed by atoms with Crippen molar-refractivity contribution in [3.63, 3.8) is 0 Å². The number of hydrogen-bond donors (Lipinski definition) is 0. The van der Waals surface area contributed by atoms with Gasteiger partial charge in [-0.05, 0) is 0 Å². The zero-order valence-corrected chi connectivity index (χ0v) is 4.12. The van der Waals surface area contributed by atoms with E-state index < -0.39 is 0 Å². The molecule has 0 saturated carbocycles. The van der Waals surface area contributed by atoms with Crippen molar-refractivity contribution < 1.29 is 4.74 Å². The lowest BCUT2D eigenvalue weighted by atomic mass is 10.4. The fourth-order valence-corrected chi connectivity index (χ4v) is 0.522. The smallest absolute Gasteiger partial charge is 0.120 e. The monoisotopic (exact) mass is 101 g/mol. The van der Waals surface area contributed by atoms with Crippen LogP contribution in [0.1, 0.15) is 6.42 Å². The fourth-order valence-electron chi connectivity index (χ4n) is 0.370. The lowest BCUT2D eigenvalue weighted by Gasteiger charge is -1.76. The average molecular weight is 101 g/mol. The molecule has 1 radical (unpaired) electrons. The van der Waals surface area contributed by atoms with Gasteiger partial charge in [-0.1, -0.05) is 12.2 Å². The van der Waals surface area contributed by atoms with Gasteiger partial charge in [0.2, 0.25) is 0 Å². The van der Waals surface area contributed by atoms with Gasteiger partial charge < -0.3 is 4.74 Å². The Labute approximate surface area is 42.3 Å². The summed E-state index contributed by atoms with van der Waals surface area (Å²) >= 11 is 4.74. The predicted molar refractivity (Wildman–Crippen MR) is 27.5 cm³/mol. The lowest BCUT2D eigenvalue weighted by molar-refractivity contribution is 0.259. The summed E-state index contributed by atoms with van der Waals surface area (Å²) in [6.45, 7) is 2.42. The van der Waals surface area contributed by atoms with Gasteiger partial charge >= 0.3 is 0 Å². The summed E-state index contributed by atoms with van der Waals surface area (Å²) in [7, 11) is 0. The third kappa shape index (κ3) is 0.758. The molecule has 1 nitrogen and oxygen atoms in total. The Balaban J connectivity index is 2.37. The molecule has 1 aliphatic rings. The van der Waals surface area contributed by atoms with Gasteiger partial charge in [0, 0.05) is 11.3 Å². The maximum absolute atomic E-state index is 4.79. The standard InChI is InChI=1S/C4H5OS/c6-4-1-2-5-3-4/h3H,1-2H2. The third-order valence-corrected chi connectivity index (χ3v) is 0.981. The molecule has 0 unspecified atom stereocenters. The molecule has 6 heavy (non-hydrogen) atoms. The van der Waals surface area contributed by atoms with E-state index in [0.717, 1.165) is 17.9 Å². The highest BCUT2D eigenvalue weighted by atomic mass is 32.1. The van der Waals surface area contributed by atoms with E-state index in [1.807, 2.05) is 0 Å². The largest absolute Gasteiger partial charge is 0.370 e. The van der Waals surface area contributed by atoms with Gasteiger partial charge in [-0.3, -0.25) is 0 Å². The molecular formula is C4H5OS. The summed E-state index contributed by atoms with van der Waals surface area (Å²) in [5.74, 6) is 0. The van der Waals surface area contributed by atoms with Crippen LogP contribution in [0.5, 0.6) is 0 Å². The summed E-state index contributed by atoms with van der Waals surface area (Å²) in [5, 5.41) is 0. The zero-order valence-electron chi connectivity index (χ0n) is 3.31. The van der Waals surface area contributed by atoms with Gasteiger partial charge in [-0.25, -0.2) is 0 Å². The maximum Gasteiger partial charge on any atom is 0.120 e. The van der Waals surface area contributed by atoms with E-state index in [4.69, 9.17) is 17.0 Å². The van der Waals surface area contributed by atoms with Crippen molar-refractivity contribution in [2.45, 2.75) is 6.42 Å². The molecule has 1 rings (SSSR count). The first-order chi connectivity index (χ1) is 2.89. The van der Waals surface area contributed by atoms with Gasteiger partial charge in [-0.15, -0.1) is 0 Å². The molecular weight excluding hydrogens is 96.1 g/mol. The van der Waals surface area contributed by atoms with Crippen LogP contribution < -0.4 is 0 Å². The molecule has 0 bridgehead atoms. The van der Waals surface area contributed by atoms with E-state index in [1.54, 1.807) is 6.61 Å². The third-order valence-electron chi connectivity index (χ3n) is 0.681. The lowest BCUT2D eigenvalue weighted by Crippen LogP contribution is -1.79. The Bertz CT molecular complexity index is 61.9. The second-order valence-corrected chi connectivity index (χ2v) is 1.73. The Hall–Kier alpha value is 0.0500. The second-order valence-electron chi connectivity index (χ2n) is 1.20. The van der Waals surface area contributed by atoms with Crippen LogP contribution >= 0.6 is 12.2 Å². The van der Waals surface area contributed by atoms with Crippen molar-refractivity contribution >= 4 is 17.1 Å². The van der Waals surface area contributed by atoms with Gasteiger partial charge in [0.15, 0.2) is 0 Å². The molecule has 0 aromatic heterocycles. The van der Waals surface area contributed by atoms with Crippen molar-refractivity contribution in [2.75, 3.05) is 6.61 Å². The van der Waals surface area contributed by atoms with E-state index >= 15 is 0 Å². The van der Waals surface area contributed by atoms with E-state index in [-0.39, 0.29) is 0 Å². The van der Waals surface area contributed by atoms with Crippen molar-refractivity contribution in [1.29, 1.82) is 0 Å². The molecule has 0 atom stereocenters. The van der Waals surface area contributed by atoms with E-state index in [9.17, 15) is 0 Å². The van der Waals surface area contributed by atoms with E-state index in [0.29, 0.717) is 0 Å². The van der Waals surface area contributed by atoms with Crippen LogP contribution in [0.4, 0.5) is 0 Å². The molecule has 1 fully saturated rings. The van der Waals surface area contributed by atoms with Crippen LogP contribution in [-0.2, 0) is 4.74 Å². The minimum absolute atomic E-state index is 0.791. The van der Waals surface area contributed by atoms with Crippen LogP contribution in [0.2, 0.25) is 0 Å². The van der Waals surface area contributed by atoms with Gasteiger partial charge in [0.05, 0.1) is 6.61 Å². The highest BCUT2D eigenvalue weighted by Gasteiger charge is 2.04. The fraction of sp³-hybridized carbons (Fsp3) is 0.500. The Morgan fingerprint density at radius 2 is 2.67 bits per heavy atom. The minimum Gasteiger partial charge on any atom is -0.370 e. The highest BCUT2D eigenvalue weighted by molar-refractivity contribution is 7.80. The Kier molecular flexibility index (Phi) is 1.17. The molecule has 0 aliphatic carbocycles. The molecule has 0 amide bonds. The summed E-state index contributed by atoms with van der Waals surface area (Å²) < 4.78 is 4.79. The van der Waals surface area contributed by atoms with Crippen LogP contribution in [0.25, 0.3) is 0 Å². The van der Waals surface area contributed by atoms with Crippen molar-refractivity contribution in [2.24, 2.45) is 0 Å². The van der Waals surface area contributed by atoms with Crippen molar-refractivity contribution in [3.05, 3.63) is 6.61 Å². The van der Waals surface area contributed by atoms with Gasteiger partial charge in [0.1, 0.15) is 6.61 Å². The normalized spacial score (nSPS) is 22.3. The molecule has 0 spiro atoms. The molecule has 0 aromatic rings. The zero-order chi connectivity index (χ0) is 4.41. The average Bonchev–Trinajstić information content (AvgIpc) is 1.86. The summed E-state index contributed by atoms with van der Waals surface area (Å²) in [5.41, 5.74) is 0. The van der Waals surface area contributed by atoms with Crippen molar-refractivity contribution in [1.82, 2.24) is 0 Å². The van der Waals surface area contributed by atoms with Crippen LogP contribution in [0, 0.1) is 6.61 Å². The molecule has 1 saturated heterocycles. The SMILES string of the molecule is S=C1[CH]OCC1. The first kappa shape index (κ1) is 4.22. The second kappa shape index (κ2) is 1.67. The van der Waals surface area contributed by atoms with E-state index in [1.165, 1.54) is 0 Å². The van der Waals surface area contributed by atoms with Crippen molar-refractivity contribution in [3.8, 4) is 0 Å². The summed E-state index contributed by atoms with van der Waals surface area (Å²) in [6.07, 6.45) is 0.940. The number of hydrogen-bond acceptors (Lipinski definition) is 2. The quantitative estimate of drug-likeness (QED) is 0.420. The number of ether oxygens (including phenoxy) is 1. The van der Waals surface area contributed by atoms with Gasteiger partial charge in [0.25, 0.3) is 0 Å². The number of rotatable bonds is 0. The Morgan fingerprint density at radius 3 is 2.83 bits per heavy atom. The minimum atomic E-state index is 0.791. The number of thiocarbonyl (C=S) groups is 1. The topological polar surface area (TPSA) is 9.23 Å². The highest BCUT2D eigenvalue weighted by Crippen LogP contribution is 2.02. The van der Waals surface area contributed by atoms with Gasteiger partial charge in [-0.2, -0.15) is 0 Å². The van der Waals surface area contributed by atoms with E-state index in [2.05, 4.69) is 0 Å². The summed E-state index contributed by atoms with van der Waals surface area (Å²) in [4.78, 5) is 0.940. The van der Waals surface area contributed by atoms with Crippen LogP contribution in [-0.4, -0.2) is 11.5 Å². The maximum atomic E-state index is 4.79. The molecule has 0 aromatic carbocycles. The molecule has 0 N–H and O–H groups in total. The van der Waals surface area contributed by atoms with Crippen LogP contribution in [0.3, 0.4) is 0 Å². The predicted octanol–water partition coefficient (Wildman–Crippen LogP) is 0.938. The molecule has 2 heteroatoms. The van der Waals surface area contributed by atoms with Crippen LogP contribution in [0.15, 0.2) is 0 Å². The Morgan fingerprint density at radius 1 is 1.83 bits per heavy atom. The molecule has 1 heterocycles.